The van der Waals surface area contributed by atoms with Crippen LogP contribution in [-0.4, -0.2) is 23.7 Å². The van der Waals surface area contributed by atoms with Crippen molar-refractivity contribution in [2.45, 2.75) is 45.1 Å². The third-order valence-corrected chi connectivity index (χ3v) is 1.80. The molecule has 4 heteroatoms. The first-order valence-corrected chi connectivity index (χ1v) is 5.39. The van der Waals surface area contributed by atoms with E-state index in [0.29, 0.717) is 6.42 Å². The minimum absolute atomic E-state index is 0.589. The number of carbonyl (C=O) groups is 1. The number of carboxylic acid groups (broad SMARTS) is 1. The quantitative estimate of drug-likeness (QED) is 0.444. The predicted molar refractivity (Wildman–Crippen MR) is 63.6 cm³/mol. The van der Waals surface area contributed by atoms with Crippen LogP contribution in [0.15, 0.2) is 12.7 Å². The van der Waals surface area contributed by atoms with Gasteiger partial charge in [0, 0.05) is 0 Å². The molecule has 0 fully saturated rings. The molecule has 0 rings (SSSR count). The Bertz CT molecular complexity index is 161. The smallest absolute Gasteiger partial charge is 0.320 e. The summed E-state index contributed by atoms with van der Waals surface area (Å²) in [6, 6.07) is -0.662. The van der Waals surface area contributed by atoms with Crippen LogP contribution in [0.4, 0.5) is 0 Å². The minimum atomic E-state index is -0.900. The highest BCUT2D eigenvalue weighted by Gasteiger charge is 2.08. The number of aliphatic carboxylic acids is 1. The van der Waals surface area contributed by atoms with Crippen LogP contribution >= 0.6 is 0 Å². The molecule has 0 aromatic heterocycles. The molecule has 0 saturated heterocycles. The monoisotopic (exact) mass is 216 g/mol. The van der Waals surface area contributed by atoms with E-state index in [2.05, 4.69) is 6.58 Å². The van der Waals surface area contributed by atoms with Crippen LogP contribution in [0.3, 0.4) is 0 Å². The number of unbranched alkanes of at least 4 members (excludes halogenated alkanes) is 2. The van der Waals surface area contributed by atoms with Crippen LogP contribution in [0.2, 0.25) is 0 Å². The van der Waals surface area contributed by atoms with Crippen molar-refractivity contribution < 1.29 is 9.90 Å². The second-order valence-corrected chi connectivity index (χ2v) is 3.31. The Hall–Kier alpha value is -0.870. The Morgan fingerprint density at radius 3 is 2.40 bits per heavy atom. The van der Waals surface area contributed by atoms with Crippen LogP contribution < -0.4 is 11.5 Å². The first-order chi connectivity index (χ1) is 7.09. The molecule has 0 unspecified atom stereocenters. The van der Waals surface area contributed by atoms with Crippen LogP contribution in [0.1, 0.15) is 39.0 Å². The van der Waals surface area contributed by atoms with E-state index in [-0.39, 0.29) is 0 Å². The number of nitrogens with two attached hydrogens (primary N) is 2. The van der Waals surface area contributed by atoms with E-state index in [0.717, 1.165) is 32.2 Å². The number of carboxylic acids is 1. The van der Waals surface area contributed by atoms with Gasteiger partial charge in [0.1, 0.15) is 6.04 Å². The number of allylic oxidation sites excluding steroid dienone is 1. The summed E-state index contributed by atoms with van der Waals surface area (Å²) < 4.78 is 0. The lowest BCUT2D eigenvalue weighted by Crippen LogP contribution is -2.29. The van der Waals surface area contributed by atoms with E-state index >= 15 is 0 Å². The zero-order valence-electron chi connectivity index (χ0n) is 9.61. The summed E-state index contributed by atoms with van der Waals surface area (Å²) in [5, 5.41) is 8.28. The van der Waals surface area contributed by atoms with Gasteiger partial charge < -0.3 is 16.6 Å². The molecule has 0 radical (unpaired) electrons. The molecule has 0 aromatic carbocycles. The van der Waals surface area contributed by atoms with Crippen molar-refractivity contribution in [2.24, 2.45) is 11.5 Å². The zero-order valence-corrected chi connectivity index (χ0v) is 9.61. The maximum atomic E-state index is 10.1. The van der Waals surface area contributed by atoms with E-state index in [1.54, 1.807) is 0 Å². The van der Waals surface area contributed by atoms with Gasteiger partial charge in [-0.05, 0) is 25.8 Å². The molecule has 0 aliphatic heterocycles. The van der Waals surface area contributed by atoms with Gasteiger partial charge in [0.2, 0.25) is 0 Å². The summed E-state index contributed by atoms with van der Waals surface area (Å²) in [6.45, 7) is 6.33. The van der Waals surface area contributed by atoms with E-state index in [4.69, 9.17) is 16.6 Å². The van der Waals surface area contributed by atoms with Gasteiger partial charge in [-0.15, -0.1) is 6.58 Å². The van der Waals surface area contributed by atoms with Gasteiger partial charge >= 0.3 is 5.97 Å². The summed E-state index contributed by atoms with van der Waals surface area (Å²) >= 11 is 0. The lowest BCUT2D eigenvalue weighted by atomic mass is 10.1. The largest absolute Gasteiger partial charge is 0.480 e. The SMILES string of the molecule is C=CCCCN.CCCC[C@H](N)C(=O)O. The highest BCUT2D eigenvalue weighted by Crippen LogP contribution is 1.96. The molecular formula is C11H24N2O2. The normalized spacial score (nSPS) is 11.1. The second-order valence-electron chi connectivity index (χ2n) is 3.31. The van der Waals surface area contributed by atoms with Crippen molar-refractivity contribution in [2.75, 3.05) is 6.54 Å². The fourth-order valence-electron chi connectivity index (χ4n) is 0.810. The Morgan fingerprint density at radius 2 is 2.13 bits per heavy atom. The minimum Gasteiger partial charge on any atom is -0.480 e. The maximum absolute atomic E-state index is 10.1. The first-order valence-electron chi connectivity index (χ1n) is 5.39. The molecule has 1 atom stereocenters. The summed E-state index contributed by atoms with van der Waals surface area (Å²) in [4.78, 5) is 10.1. The highest BCUT2D eigenvalue weighted by atomic mass is 16.4. The lowest BCUT2D eigenvalue weighted by Gasteiger charge is -2.02. The highest BCUT2D eigenvalue weighted by molar-refractivity contribution is 5.72. The Balaban J connectivity index is 0. The van der Waals surface area contributed by atoms with Crippen molar-refractivity contribution in [3.8, 4) is 0 Å². The molecule has 0 aliphatic rings. The second kappa shape index (κ2) is 13.1. The van der Waals surface area contributed by atoms with Crippen LogP contribution in [0, 0.1) is 0 Å². The third kappa shape index (κ3) is 15.9. The number of hydrogen-bond acceptors (Lipinski definition) is 3. The van der Waals surface area contributed by atoms with E-state index in [1.807, 2.05) is 13.0 Å². The molecule has 0 bridgehead atoms. The van der Waals surface area contributed by atoms with Gasteiger partial charge in [-0.25, -0.2) is 0 Å². The maximum Gasteiger partial charge on any atom is 0.320 e. The molecule has 0 amide bonds. The van der Waals surface area contributed by atoms with Crippen LogP contribution in [0.25, 0.3) is 0 Å². The first kappa shape index (κ1) is 16.6. The topological polar surface area (TPSA) is 89.3 Å². The molecule has 0 heterocycles. The molecule has 0 saturated carbocycles. The molecule has 5 N–H and O–H groups in total. The van der Waals surface area contributed by atoms with Crippen molar-refractivity contribution in [3.63, 3.8) is 0 Å². The summed E-state index contributed by atoms with van der Waals surface area (Å²) in [5.41, 5.74) is 10.4. The van der Waals surface area contributed by atoms with Crippen LogP contribution in [-0.2, 0) is 4.79 Å². The van der Waals surface area contributed by atoms with Gasteiger partial charge in [-0.2, -0.15) is 0 Å². The number of hydrogen-bond donors (Lipinski definition) is 3. The van der Waals surface area contributed by atoms with Gasteiger partial charge in [0.25, 0.3) is 0 Å². The zero-order chi connectivity index (χ0) is 12.1. The molecule has 0 aromatic rings. The van der Waals surface area contributed by atoms with Crippen molar-refractivity contribution in [3.05, 3.63) is 12.7 Å². The molecule has 4 nitrogen and oxygen atoms in total. The van der Waals surface area contributed by atoms with Gasteiger partial charge in [-0.3, -0.25) is 4.79 Å². The van der Waals surface area contributed by atoms with Crippen LogP contribution in [0.5, 0.6) is 0 Å². The van der Waals surface area contributed by atoms with Gasteiger partial charge in [0.05, 0.1) is 0 Å². The predicted octanol–water partition coefficient (Wildman–Crippen LogP) is 1.50. The third-order valence-electron chi connectivity index (χ3n) is 1.80. The molecular weight excluding hydrogens is 192 g/mol. The summed E-state index contributed by atoms with van der Waals surface area (Å²) in [6.07, 6.45) is 6.49. The van der Waals surface area contributed by atoms with Gasteiger partial charge in [0.15, 0.2) is 0 Å². The Labute approximate surface area is 92.3 Å². The van der Waals surface area contributed by atoms with Crippen molar-refractivity contribution >= 4 is 5.97 Å². The summed E-state index contributed by atoms with van der Waals surface area (Å²) in [7, 11) is 0. The van der Waals surface area contributed by atoms with Crippen molar-refractivity contribution in [1.82, 2.24) is 0 Å². The van der Waals surface area contributed by atoms with Crippen molar-refractivity contribution in [1.29, 1.82) is 0 Å². The number of rotatable bonds is 7. The van der Waals surface area contributed by atoms with E-state index in [1.165, 1.54) is 0 Å². The average molecular weight is 216 g/mol. The van der Waals surface area contributed by atoms with E-state index < -0.39 is 12.0 Å². The Kier molecular flexibility index (Phi) is 14.5. The fraction of sp³-hybridized carbons (Fsp3) is 0.727. The molecule has 0 aliphatic carbocycles. The standard InChI is InChI=1S/C6H13NO2.C5H11N/c1-2-3-4-5(7)6(8)9;1-2-3-4-5-6/h5H,2-4,7H2,1H3,(H,8,9);2H,1,3-6H2/t5-;/m0./s1. The van der Waals surface area contributed by atoms with Gasteiger partial charge in [-0.1, -0.05) is 25.8 Å². The molecule has 15 heavy (non-hydrogen) atoms. The summed E-state index contributed by atoms with van der Waals surface area (Å²) in [5.74, 6) is -0.900. The Morgan fingerprint density at radius 1 is 1.53 bits per heavy atom. The lowest BCUT2D eigenvalue weighted by molar-refractivity contribution is -0.138. The van der Waals surface area contributed by atoms with E-state index in [9.17, 15) is 4.79 Å². The fourth-order valence-corrected chi connectivity index (χ4v) is 0.810. The molecule has 0 spiro atoms. The molecule has 90 valence electrons. The average Bonchev–Trinajstić information content (AvgIpc) is 2.23.